The Kier molecular flexibility index (Phi) is 4.75. The second kappa shape index (κ2) is 7.13. The van der Waals surface area contributed by atoms with Crippen LogP contribution in [0.5, 0.6) is 0 Å². The molecule has 0 bridgehead atoms. The SMILES string of the molecule is Cc1ccc(CNc2cc(Nc3c(C)cccc3C)ncn2)cc1. The molecule has 24 heavy (non-hydrogen) atoms. The minimum absolute atomic E-state index is 0.736. The monoisotopic (exact) mass is 318 g/mol. The van der Waals surface area contributed by atoms with Gasteiger partial charge in [0, 0.05) is 18.3 Å². The van der Waals surface area contributed by atoms with Crippen molar-refractivity contribution >= 4 is 17.3 Å². The Bertz CT molecular complexity index is 805. The summed E-state index contributed by atoms with van der Waals surface area (Å²) in [5, 5.41) is 6.74. The van der Waals surface area contributed by atoms with Gasteiger partial charge >= 0.3 is 0 Å². The summed E-state index contributed by atoms with van der Waals surface area (Å²) in [6.07, 6.45) is 1.58. The van der Waals surface area contributed by atoms with E-state index in [2.05, 4.69) is 83.8 Å². The number of para-hydroxylation sites is 1. The Morgan fingerprint density at radius 3 is 2.21 bits per heavy atom. The number of aromatic nitrogens is 2. The number of nitrogens with one attached hydrogen (secondary N) is 2. The van der Waals surface area contributed by atoms with Crippen molar-refractivity contribution in [1.29, 1.82) is 0 Å². The van der Waals surface area contributed by atoms with Crippen molar-refractivity contribution in [2.75, 3.05) is 10.6 Å². The van der Waals surface area contributed by atoms with E-state index >= 15 is 0 Å². The summed E-state index contributed by atoms with van der Waals surface area (Å²) in [6, 6.07) is 16.7. The van der Waals surface area contributed by atoms with Crippen LogP contribution in [0.15, 0.2) is 54.9 Å². The zero-order chi connectivity index (χ0) is 16.9. The van der Waals surface area contributed by atoms with Crippen LogP contribution in [0.3, 0.4) is 0 Å². The van der Waals surface area contributed by atoms with Crippen LogP contribution in [-0.2, 0) is 6.54 Å². The molecule has 1 aromatic heterocycles. The first-order valence-corrected chi connectivity index (χ1v) is 8.06. The largest absolute Gasteiger partial charge is 0.366 e. The molecule has 0 spiro atoms. The van der Waals surface area contributed by atoms with Crippen LogP contribution in [0.25, 0.3) is 0 Å². The van der Waals surface area contributed by atoms with Gasteiger partial charge in [0.1, 0.15) is 18.0 Å². The lowest BCUT2D eigenvalue weighted by atomic mass is 10.1. The van der Waals surface area contributed by atoms with Crippen LogP contribution >= 0.6 is 0 Å². The van der Waals surface area contributed by atoms with E-state index < -0.39 is 0 Å². The fraction of sp³-hybridized carbons (Fsp3) is 0.200. The molecule has 0 radical (unpaired) electrons. The minimum atomic E-state index is 0.736. The highest BCUT2D eigenvalue weighted by molar-refractivity contribution is 5.65. The molecule has 122 valence electrons. The van der Waals surface area contributed by atoms with Crippen LogP contribution in [0.2, 0.25) is 0 Å². The second-order valence-electron chi connectivity index (χ2n) is 6.02. The average Bonchev–Trinajstić information content (AvgIpc) is 2.58. The van der Waals surface area contributed by atoms with Crippen molar-refractivity contribution in [3.63, 3.8) is 0 Å². The first-order chi connectivity index (χ1) is 11.6. The summed E-state index contributed by atoms with van der Waals surface area (Å²) in [4.78, 5) is 8.62. The number of rotatable bonds is 5. The summed E-state index contributed by atoms with van der Waals surface area (Å²) in [5.41, 5.74) is 5.98. The van der Waals surface area contributed by atoms with E-state index in [1.807, 2.05) is 6.07 Å². The van der Waals surface area contributed by atoms with E-state index in [-0.39, 0.29) is 0 Å². The topological polar surface area (TPSA) is 49.8 Å². The van der Waals surface area contributed by atoms with E-state index in [0.29, 0.717) is 0 Å². The molecule has 0 saturated heterocycles. The first kappa shape index (κ1) is 16.0. The van der Waals surface area contributed by atoms with Crippen molar-refractivity contribution in [3.05, 3.63) is 77.1 Å². The Morgan fingerprint density at radius 1 is 0.833 bits per heavy atom. The van der Waals surface area contributed by atoms with E-state index in [0.717, 1.165) is 23.9 Å². The second-order valence-corrected chi connectivity index (χ2v) is 6.02. The van der Waals surface area contributed by atoms with Gasteiger partial charge < -0.3 is 10.6 Å². The number of hydrogen-bond donors (Lipinski definition) is 2. The molecule has 0 aliphatic heterocycles. The fourth-order valence-corrected chi connectivity index (χ4v) is 2.56. The lowest BCUT2D eigenvalue weighted by molar-refractivity contribution is 1.08. The van der Waals surface area contributed by atoms with Gasteiger partial charge in [0.05, 0.1) is 0 Å². The maximum Gasteiger partial charge on any atom is 0.135 e. The summed E-state index contributed by atoms with van der Waals surface area (Å²) >= 11 is 0. The molecular weight excluding hydrogens is 296 g/mol. The highest BCUT2D eigenvalue weighted by atomic mass is 15.1. The van der Waals surface area contributed by atoms with Crippen molar-refractivity contribution in [2.24, 2.45) is 0 Å². The molecule has 0 unspecified atom stereocenters. The molecule has 2 aromatic carbocycles. The molecule has 0 aliphatic rings. The van der Waals surface area contributed by atoms with Crippen LogP contribution < -0.4 is 10.6 Å². The third-order valence-corrected chi connectivity index (χ3v) is 4.00. The van der Waals surface area contributed by atoms with Gasteiger partial charge in [-0.25, -0.2) is 9.97 Å². The molecule has 0 saturated carbocycles. The number of nitrogens with zero attached hydrogens (tertiary/aromatic N) is 2. The third-order valence-electron chi connectivity index (χ3n) is 4.00. The normalized spacial score (nSPS) is 10.5. The van der Waals surface area contributed by atoms with Crippen LogP contribution in [0.1, 0.15) is 22.3 Å². The highest BCUT2D eigenvalue weighted by Crippen LogP contribution is 2.23. The lowest BCUT2D eigenvalue weighted by Gasteiger charge is -2.13. The fourth-order valence-electron chi connectivity index (χ4n) is 2.56. The van der Waals surface area contributed by atoms with E-state index in [4.69, 9.17) is 0 Å². The van der Waals surface area contributed by atoms with Gasteiger partial charge in [0.25, 0.3) is 0 Å². The molecule has 4 heteroatoms. The molecule has 0 aliphatic carbocycles. The van der Waals surface area contributed by atoms with Gasteiger partial charge in [0.2, 0.25) is 0 Å². The summed E-state index contributed by atoms with van der Waals surface area (Å²) < 4.78 is 0. The van der Waals surface area contributed by atoms with E-state index in [1.54, 1.807) is 6.33 Å². The Balaban J connectivity index is 1.71. The molecule has 3 aromatic rings. The predicted octanol–water partition coefficient (Wildman–Crippen LogP) is 4.76. The molecule has 0 fully saturated rings. The highest BCUT2D eigenvalue weighted by Gasteiger charge is 2.04. The number of aryl methyl sites for hydroxylation is 3. The summed E-state index contributed by atoms with van der Waals surface area (Å²) in [5.74, 6) is 1.59. The predicted molar refractivity (Wildman–Crippen MR) is 99.7 cm³/mol. The molecule has 4 nitrogen and oxygen atoms in total. The van der Waals surface area contributed by atoms with E-state index in [9.17, 15) is 0 Å². The Morgan fingerprint density at radius 2 is 1.50 bits per heavy atom. The molecule has 0 amide bonds. The van der Waals surface area contributed by atoms with Crippen molar-refractivity contribution < 1.29 is 0 Å². The maximum absolute atomic E-state index is 4.32. The summed E-state index contributed by atoms with van der Waals surface area (Å²) in [6.45, 7) is 7.01. The van der Waals surface area contributed by atoms with Gasteiger partial charge in [-0.15, -0.1) is 0 Å². The average molecular weight is 318 g/mol. The van der Waals surface area contributed by atoms with Crippen molar-refractivity contribution in [1.82, 2.24) is 9.97 Å². The van der Waals surface area contributed by atoms with Gasteiger partial charge in [-0.3, -0.25) is 0 Å². The molecular formula is C20H22N4. The number of benzene rings is 2. The maximum atomic E-state index is 4.32. The van der Waals surface area contributed by atoms with Gasteiger partial charge in [-0.1, -0.05) is 48.0 Å². The minimum Gasteiger partial charge on any atom is -0.366 e. The molecule has 3 rings (SSSR count). The zero-order valence-electron chi connectivity index (χ0n) is 14.3. The quantitative estimate of drug-likeness (QED) is 0.712. The summed E-state index contributed by atoms with van der Waals surface area (Å²) in [7, 11) is 0. The smallest absolute Gasteiger partial charge is 0.135 e. The van der Waals surface area contributed by atoms with Gasteiger partial charge in [-0.2, -0.15) is 0 Å². The van der Waals surface area contributed by atoms with Crippen molar-refractivity contribution in [3.8, 4) is 0 Å². The zero-order valence-corrected chi connectivity index (χ0v) is 14.3. The van der Waals surface area contributed by atoms with Crippen LogP contribution in [0, 0.1) is 20.8 Å². The lowest BCUT2D eigenvalue weighted by Crippen LogP contribution is -2.04. The van der Waals surface area contributed by atoms with Crippen LogP contribution in [0.4, 0.5) is 17.3 Å². The molecule has 2 N–H and O–H groups in total. The number of hydrogen-bond acceptors (Lipinski definition) is 4. The van der Waals surface area contributed by atoms with Crippen LogP contribution in [-0.4, -0.2) is 9.97 Å². The Labute approximate surface area is 143 Å². The van der Waals surface area contributed by atoms with Crippen molar-refractivity contribution in [2.45, 2.75) is 27.3 Å². The molecule has 0 atom stereocenters. The van der Waals surface area contributed by atoms with E-state index in [1.165, 1.54) is 22.3 Å². The first-order valence-electron chi connectivity index (χ1n) is 8.06. The third kappa shape index (κ3) is 3.90. The Hall–Kier alpha value is -2.88. The molecule has 1 heterocycles. The standard InChI is InChI=1S/C20H22N4/c1-14-7-9-17(10-8-14)12-21-18-11-19(23-13-22-18)24-20-15(2)5-4-6-16(20)3/h4-11,13H,12H2,1-3H3,(H2,21,22,23,24). The van der Waals surface area contributed by atoms with Gasteiger partial charge in [-0.05, 0) is 37.5 Å². The van der Waals surface area contributed by atoms with Gasteiger partial charge in [0.15, 0.2) is 0 Å². The number of anilines is 3.